The average molecular weight is 505 g/mol. The molecule has 0 radical (unpaired) electrons. The zero-order valence-corrected chi connectivity index (χ0v) is 22.9. The van der Waals surface area contributed by atoms with Crippen molar-refractivity contribution in [1.82, 2.24) is 10.2 Å². The van der Waals surface area contributed by atoms with Gasteiger partial charge in [0.1, 0.15) is 23.0 Å². The van der Waals surface area contributed by atoms with Crippen LogP contribution in [0.4, 0.5) is 20.1 Å². The number of rotatable bonds is 3. The summed E-state index contributed by atoms with van der Waals surface area (Å²) in [5, 5.41) is 5.93. The molecule has 36 heavy (non-hydrogen) atoms. The van der Waals surface area contributed by atoms with Gasteiger partial charge in [-0.25, -0.2) is 14.4 Å². The molecule has 1 fully saturated rings. The first-order chi connectivity index (χ1) is 16.4. The predicted molar refractivity (Wildman–Crippen MR) is 138 cm³/mol. The number of nitrogens with one attached hydrogen (secondary N) is 2. The Labute approximate surface area is 213 Å². The van der Waals surface area contributed by atoms with Crippen LogP contribution in [-0.2, 0) is 14.2 Å². The van der Waals surface area contributed by atoms with E-state index in [1.165, 1.54) is 0 Å². The van der Waals surface area contributed by atoms with Gasteiger partial charge in [0.15, 0.2) is 5.84 Å². The third kappa shape index (κ3) is 9.75. The average Bonchev–Trinajstić information content (AvgIpc) is 3.12. The lowest BCUT2D eigenvalue weighted by atomic mass is 10.1. The Kier molecular flexibility index (Phi) is 8.98. The lowest BCUT2D eigenvalue weighted by Gasteiger charge is -2.30. The zero-order chi connectivity index (χ0) is 27.3. The van der Waals surface area contributed by atoms with E-state index in [0.29, 0.717) is 24.2 Å². The molecule has 0 bridgehead atoms. The van der Waals surface area contributed by atoms with Crippen molar-refractivity contribution in [2.75, 3.05) is 11.9 Å². The predicted octanol–water partition coefficient (Wildman–Crippen LogP) is 5.66. The molecule has 1 heterocycles. The van der Waals surface area contributed by atoms with Crippen molar-refractivity contribution >= 4 is 29.8 Å². The molecule has 2 N–H and O–H groups in total. The minimum atomic E-state index is -0.861. The maximum atomic E-state index is 12.7. The highest BCUT2D eigenvalue weighted by atomic mass is 16.6. The molecular formula is C26H40N4O6. The number of anilines is 1. The molecule has 10 heteroatoms. The number of hydrogen-bond donors (Lipinski definition) is 2. The highest BCUT2D eigenvalue weighted by Crippen LogP contribution is 2.25. The van der Waals surface area contributed by atoms with E-state index in [9.17, 15) is 14.4 Å². The standard InChI is InChI=1S/C26H40N4O6/c1-24(2,3)34-21(31)28-20(29-22(32)35-25(4,5)6)17-13-10-11-14-18(17)27-19-15-12-16-30(19)23(33)36-26(7,8)9/h10-11,13-14,19,27H,12,15-16H2,1-9H3,(H,28,29,31,32). The van der Waals surface area contributed by atoms with Crippen LogP contribution in [0.3, 0.4) is 0 Å². The van der Waals surface area contributed by atoms with Crippen molar-refractivity contribution in [3.8, 4) is 0 Å². The molecule has 1 aliphatic rings. The van der Waals surface area contributed by atoms with Crippen LogP contribution >= 0.6 is 0 Å². The Bertz CT molecular complexity index is 985. The van der Waals surface area contributed by atoms with Gasteiger partial charge in [-0.15, -0.1) is 0 Å². The number of ether oxygens (including phenoxy) is 3. The Hall–Kier alpha value is -3.30. The number of benzene rings is 1. The number of hydrogen-bond acceptors (Lipinski definition) is 7. The fourth-order valence-corrected chi connectivity index (χ4v) is 3.38. The molecule has 2 rings (SSSR count). The van der Waals surface area contributed by atoms with Crippen LogP contribution in [0.1, 0.15) is 80.7 Å². The third-order valence-electron chi connectivity index (χ3n) is 4.60. The molecule has 10 nitrogen and oxygen atoms in total. The van der Waals surface area contributed by atoms with Gasteiger partial charge in [-0.1, -0.05) is 12.1 Å². The monoisotopic (exact) mass is 504 g/mol. The molecule has 0 aliphatic carbocycles. The van der Waals surface area contributed by atoms with E-state index in [4.69, 9.17) is 14.2 Å². The number of nitrogens with zero attached hydrogens (tertiary/aromatic N) is 2. The van der Waals surface area contributed by atoms with E-state index in [2.05, 4.69) is 15.6 Å². The first kappa shape index (κ1) is 28.9. The van der Waals surface area contributed by atoms with Crippen molar-refractivity contribution in [1.29, 1.82) is 0 Å². The van der Waals surface area contributed by atoms with Crippen LogP contribution in [-0.4, -0.2) is 58.5 Å². The van der Waals surface area contributed by atoms with Gasteiger partial charge in [-0.2, -0.15) is 4.99 Å². The van der Waals surface area contributed by atoms with Crippen molar-refractivity contribution in [3.63, 3.8) is 0 Å². The largest absolute Gasteiger partial charge is 0.444 e. The molecule has 1 unspecified atom stereocenters. The third-order valence-corrected chi connectivity index (χ3v) is 4.60. The van der Waals surface area contributed by atoms with E-state index in [1.54, 1.807) is 70.7 Å². The number of carbonyl (C=O) groups excluding carboxylic acids is 3. The Morgan fingerprint density at radius 1 is 0.889 bits per heavy atom. The molecule has 200 valence electrons. The van der Waals surface area contributed by atoms with Gasteiger partial charge in [0, 0.05) is 17.8 Å². The van der Waals surface area contributed by atoms with Crippen LogP contribution in [0, 0.1) is 0 Å². The number of para-hydroxylation sites is 1. The number of amides is 3. The summed E-state index contributed by atoms with van der Waals surface area (Å²) in [5.41, 5.74) is -1.14. The Morgan fingerprint density at radius 2 is 1.47 bits per heavy atom. The van der Waals surface area contributed by atoms with Crippen molar-refractivity contribution in [3.05, 3.63) is 29.8 Å². The molecule has 0 aromatic heterocycles. The van der Waals surface area contributed by atoms with Gasteiger partial charge in [0.2, 0.25) is 0 Å². The van der Waals surface area contributed by atoms with Gasteiger partial charge >= 0.3 is 18.3 Å². The second kappa shape index (κ2) is 11.2. The first-order valence-electron chi connectivity index (χ1n) is 12.1. The number of carbonyl (C=O) groups is 3. The molecule has 0 saturated carbocycles. The summed E-state index contributed by atoms with van der Waals surface area (Å²) in [4.78, 5) is 43.5. The topological polar surface area (TPSA) is 119 Å². The number of aliphatic imine (C=N–C) groups is 1. The zero-order valence-electron chi connectivity index (χ0n) is 22.9. The second-order valence-corrected chi connectivity index (χ2v) is 11.6. The number of amidine groups is 1. The summed E-state index contributed by atoms with van der Waals surface area (Å²) in [6.45, 7) is 16.4. The molecule has 3 amide bonds. The number of likely N-dealkylation sites (tertiary alicyclic amines) is 1. The van der Waals surface area contributed by atoms with Crippen molar-refractivity contribution in [2.45, 2.75) is 98.1 Å². The first-order valence-corrected chi connectivity index (χ1v) is 12.1. The molecule has 1 atom stereocenters. The molecule has 1 aliphatic heterocycles. The van der Waals surface area contributed by atoms with E-state index in [-0.39, 0.29) is 12.0 Å². The minimum absolute atomic E-state index is 0.0385. The molecule has 1 saturated heterocycles. The Morgan fingerprint density at radius 3 is 2.06 bits per heavy atom. The summed E-state index contributed by atoms with van der Waals surface area (Å²) in [6.07, 6.45) is -0.884. The Balaban J connectivity index is 2.38. The second-order valence-electron chi connectivity index (χ2n) is 11.6. The van der Waals surface area contributed by atoms with E-state index >= 15 is 0 Å². The van der Waals surface area contributed by atoms with E-state index < -0.39 is 35.1 Å². The van der Waals surface area contributed by atoms with Gasteiger partial charge in [-0.05, 0) is 87.3 Å². The van der Waals surface area contributed by atoms with E-state index in [1.807, 2.05) is 20.8 Å². The van der Waals surface area contributed by atoms with Gasteiger partial charge < -0.3 is 19.5 Å². The van der Waals surface area contributed by atoms with Crippen LogP contribution in [0.2, 0.25) is 0 Å². The van der Waals surface area contributed by atoms with Crippen LogP contribution < -0.4 is 10.6 Å². The van der Waals surface area contributed by atoms with Crippen molar-refractivity contribution < 1.29 is 28.6 Å². The normalized spacial score (nSPS) is 16.9. The lowest BCUT2D eigenvalue weighted by molar-refractivity contribution is 0.0244. The SMILES string of the molecule is CC(C)(C)OC(=O)/N=C(\NC(=O)OC(C)(C)C)c1ccccc1NC1CCCN1C(=O)OC(C)(C)C. The highest BCUT2D eigenvalue weighted by molar-refractivity contribution is 6.12. The fourth-order valence-electron chi connectivity index (χ4n) is 3.38. The molecule has 1 aromatic carbocycles. The van der Waals surface area contributed by atoms with Gasteiger partial charge in [0.25, 0.3) is 0 Å². The van der Waals surface area contributed by atoms with Gasteiger partial charge in [0.05, 0.1) is 0 Å². The summed E-state index contributed by atoms with van der Waals surface area (Å²) < 4.78 is 16.3. The summed E-state index contributed by atoms with van der Waals surface area (Å²) in [7, 11) is 0. The number of alkyl carbamates (subject to hydrolysis) is 1. The smallest absolute Gasteiger partial charge is 0.436 e. The minimum Gasteiger partial charge on any atom is -0.444 e. The maximum Gasteiger partial charge on any atom is 0.436 e. The summed E-state index contributed by atoms with van der Waals surface area (Å²) in [6, 6.07) is 7.04. The summed E-state index contributed by atoms with van der Waals surface area (Å²) in [5.74, 6) is -0.0385. The molecular weight excluding hydrogens is 464 g/mol. The lowest BCUT2D eigenvalue weighted by Crippen LogP contribution is -2.43. The van der Waals surface area contributed by atoms with E-state index in [0.717, 1.165) is 6.42 Å². The van der Waals surface area contributed by atoms with Crippen LogP contribution in [0.15, 0.2) is 29.3 Å². The fraction of sp³-hybridized carbons (Fsp3) is 0.615. The summed E-state index contributed by atoms with van der Waals surface area (Å²) >= 11 is 0. The molecule has 1 aromatic rings. The molecule has 0 spiro atoms. The van der Waals surface area contributed by atoms with Gasteiger partial charge in [-0.3, -0.25) is 10.2 Å². The maximum absolute atomic E-state index is 12.7. The van der Waals surface area contributed by atoms with Crippen molar-refractivity contribution in [2.24, 2.45) is 4.99 Å². The quantitative estimate of drug-likeness (QED) is 0.310. The van der Waals surface area contributed by atoms with Crippen LogP contribution in [0.25, 0.3) is 0 Å². The highest BCUT2D eigenvalue weighted by Gasteiger charge is 2.33. The van der Waals surface area contributed by atoms with Crippen LogP contribution in [0.5, 0.6) is 0 Å².